The van der Waals surface area contributed by atoms with Crippen LogP contribution in [0.25, 0.3) is 0 Å². The highest BCUT2D eigenvalue weighted by molar-refractivity contribution is 9.09. The van der Waals surface area contributed by atoms with Crippen molar-refractivity contribution in [2.75, 3.05) is 0 Å². The molecule has 1 fully saturated rings. The normalized spacial score (nSPS) is 36.0. The van der Waals surface area contributed by atoms with Crippen LogP contribution < -0.4 is 0 Å². The van der Waals surface area contributed by atoms with Crippen LogP contribution in [-0.2, 0) is 9.53 Å². The van der Waals surface area contributed by atoms with Gasteiger partial charge in [0, 0.05) is 4.83 Å². The molecule has 1 aliphatic heterocycles. The molecule has 2 unspecified atom stereocenters. The fraction of sp³-hybridized carbons (Fsp3) is 0.833. The van der Waals surface area contributed by atoms with Crippen LogP contribution in [-0.4, -0.2) is 16.9 Å². The molecule has 1 saturated heterocycles. The van der Waals surface area contributed by atoms with Crippen LogP contribution in [0.4, 0.5) is 0 Å². The first-order chi connectivity index (χ1) is 4.18. The molecule has 1 rings (SSSR count). The summed E-state index contributed by atoms with van der Waals surface area (Å²) in [4.78, 5) is 11.0. The van der Waals surface area contributed by atoms with Crippen molar-refractivity contribution in [1.82, 2.24) is 0 Å². The molecule has 0 saturated carbocycles. The largest absolute Gasteiger partial charge is 0.463 e. The Labute approximate surface area is 62.7 Å². The van der Waals surface area contributed by atoms with Crippen LogP contribution in [0.2, 0.25) is 0 Å². The number of alkyl halides is 1. The van der Waals surface area contributed by atoms with Crippen LogP contribution >= 0.6 is 15.9 Å². The van der Waals surface area contributed by atoms with E-state index in [1.54, 1.807) is 0 Å². The number of carbonyl (C=O) groups is 1. The van der Waals surface area contributed by atoms with E-state index in [1.807, 2.05) is 6.92 Å². The Morgan fingerprint density at radius 3 is 2.89 bits per heavy atom. The zero-order valence-electron chi connectivity index (χ0n) is 5.26. The maximum absolute atomic E-state index is 10.6. The number of hydrogen-bond donors (Lipinski definition) is 0. The summed E-state index contributed by atoms with van der Waals surface area (Å²) in [5.41, 5.74) is 0. The molecule has 0 aromatic rings. The van der Waals surface area contributed by atoms with Crippen LogP contribution in [0, 0.1) is 0 Å². The summed E-state index contributed by atoms with van der Waals surface area (Å²) in [6.45, 7) is 1.91. The lowest BCUT2D eigenvalue weighted by atomic mass is 10.1. The lowest BCUT2D eigenvalue weighted by molar-refractivity contribution is -0.151. The summed E-state index contributed by atoms with van der Waals surface area (Å²) in [7, 11) is 0. The average molecular weight is 193 g/mol. The molecule has 0 aromatic heterocycles. The number of rotatable bonds is 0. The highest BCUT2D eigenvalue weighted by Gasteiger charge is 2.23. The quantitative estimate of drug-likeness (QED) is 0.430. The Balaban J connectivity index is 2.43. The van der Waals surface area contributed by atoms with Gasteiger partial charge in [-0.05, 0) is 13.3 Å². The molecule has 0 aliphatic carbocycles. The van der Waals surface area contributed by atoms with E-state index in [0.717, 1.165) is 6.42 Å². The minimum Gasteiger partial charge on any atom is -0.463 e. The van der Waals surface area contributed by atoms with Gasteiger partial charge in [-0.2, -0.15) is 0 Å². The third-order valence-corrected chi connectivity index (χ3v) is 2.01. The van der Waals surface area contributed by atoms with Crippen molar-refractivity contribution in [3.05, 3.63) is 0 Å². The molecule has 2 atom stereocenters. The molecule has 0 radical (unpaired) electrons. The third kappa shape index (κ3) is 1.97. The first-order valence-corrected chi connectivity index (χ1v) is 3.93. The lowest BCUT2D eigenvalue weighted by Gasteiger charge is -2.22. The second-order valence-electron chi connectivity index (χ2n) is 2.34. The molecule has 1 aliphatic rings. The fourth-order valence-corrected chi connectivity index (χ4v) is 1.74. The molecular weight excluding hydrogens is 184 g/mol. The van der Waals surface area contributed by atoms with E-state index in [-0.39, 0.29) is 12.1 Å². The van der Waals surface area contributed by atoms with Gasteiger partial charge in [0.2, 0.25) is 0 Å². The molecule has 9 heavy (non-hydrogen) atoms. The lowest BCUT2D eigenvalue weighted by Crippen LogP contribution is -2.27. The van der Waals surface area contributed by atoms with Crippen molar-refractivity contribution in [1.29, 1.82) is 0 Å². The number of esters is 1. The van der Waals surface area contributed by atoms with E-state index in [4.69, 9.17) is 4.74 Å². The van der Waals surface area contributed by atoms with E-state index in [0.29, 0.717) is 11.2 Å². The molecular formula is C6H9BrO2. The minimum atomic E-state index is -0.0874. The van der Waals surface area contributed by atoms with Crippen molar-refractivity contribution in [3.8, 4) is 0 Å². The van der Waals surface area contributed by atoms with Crippen molar-refractivity contribution in [2.24, 2.45) is 0 Å². The van der Waals surface area contributed by atoms with E-state index in [9.17, 15) is 4.79 Å². The predicted molar refractivity (Wildman–Crippen MR) is 37.5 cm³/mol. The highest BCUT2D eigenvalue weighted by atomic mass is 79.9. The van der Waals surface area contributed by atoms with Crippen molar-refractivity contribution in [2.45, 2.75) is 30.7 Å². The molecule has 52 valence electrons. The fourth-order valence-electron chi connectivity index (χ4n) is 0.945. The van der Waals surface area contributed by atoms with Gasteiger partial charge < -0.3 is 4.74 Å². The van der Waals surface area contributed by atoms with Gasteiger partial charge in [-0.15, -0.1) is 0 Å². The maximum Gasteiger partial charge on any atom is 0.307 e. The van der Waals surface area contributed by atoms with Crippen LogP contribution in [0.3, 0.4) is 0 Å². The molecule has 0 N–H and O–H groups in total. The van der Waals surface area contributed by atoms with Gasteiger partial charge in [-0.1, -0.05) is 15.9 Å². The third-order valence-electron chi connectivity index (χ3n) is 1.31. The van der Waals surface area contributed by atoms with Crippen LogP contribution in [0.15, 0.2) is 0 Å². The second kappa shape index (κ2) is 2.69. The van der Waals surface area contributed by atoms with E-state index in [1.165, 1.54) is 0 Å². The highest BCUT2D eigenvalue weighted by Crippen LogP contribution is 2.20. The summed E-state index contributed by atoms with van der Waals surface area (Å²) >= 11 is 3.37. The van der Waals surface area contributed by atoms with Gasteiger partial charge >= 0.3 is 5.97 Å². The molecule has 0 aromatic carbocycles. The summed E-state index contributed by atoms with van der Waals surface area (Å²) < 4.78 is 4.89. The monoisotopic (exact) mass is 192 g/mol. The molecule has 0 spiro atoms. The Morgan fingerprint density at radius 2 is 2.44 bits per heavy atom. The Kier molecular flexibility index (Phi) is 2.11. The van der Waals surface area contributed by atoms with Crippen LogP contribution in [0.5, 0.6) is 0 Å². The van der Waals surface area contributed by atoms with E-state index >= 15 is 0 Å². The molecule has 2 nitrogen and oxygen atoms in total. The summed E-state index contributed by atoms with van der Waals surface area (Å²) in [6.07, 6.45) is 1.55. The number of hydrogen-bond acceptors (Lipinski definition) is 2. The predicted octanol–water partition coefficient (Wildman–Crippen LogP) is 1.48. The summed E-state index contributed by atoms with van der Waals surface area (Å²) in [6, 6.07) is 0. The maximum atomic E-state index is 10.6. The molecule has 0 amide bonds. The van der Waals surface area contributed by atoms with E-state index < -0.39 is 0 Å². The second-order valence-corrected chi connectivity index (χ2v) is 3.63. The van der Waals surface area contributed by atoms with Gasteiger partial charge in [0.15, 0.2) is 0 Å². The average Bonchev–Trinajstić information content (AvgIpc) is 1.59. The number of ether oxygens (including phenoxy) is 1. The number of halogens is 1. The SMILES string of the molecule is CC1CC(Br)CC(=O)O1. The van der Waals surface area contributed by atoms with Crippen LogP contribution in [0.1, 0.15) is 19.8 Å². The zero-order valence-corrected chi connectivity index (χ0v) is 6.85. The van der Waals surface area contributed by atoms with Gasteiger partial charge in [0.25, 0.3) is 0 Å². The van der Waals surface area contributed by atoms with Gasteiger partial charge in [-0.3, -0.25) is 4.79 Å². The summed E-state index contributed by atoms with van der Waals surface area (Å²) in [5, 5.41) is 0. The first-order valence-electron chi connectivity index (χ1n) is 3.02. The minimum absolute atomic E-state index is 0.0874. The standard InChI is InChI=1S/C6H9BrO2/c1-4-2-5(7)3-6(8)9-4/h4-5H,2-3H2,1H3. The Bertz CT molecular complexity index is 112. The summed E-state index contributed by atoms with van der Waals surface area (Å²) in [5.74, 6) is -0.0874. The topological polar surface area (TPSA) is 26.3 Å². The van der Waals surface area contributed by atoms with Gasteiger partial charge in [-0.25, -0.2) is 0 Å². The Morgan fingerprint density at radius 1 is 1.78 bits per heavy atom. The van der Waals surface area contributed by atoms with Crippen molar-refractivity contribution >= 4 is 21.9 Å². The zero-order chi connectivity index (χ0) is 6.85. The van der Waals surface area contributed by atoms with Gasteiger partial charge in [0.05, 0.1) is 6.42 Å². The molecule has 1 heterocycles. The smallest absolute Gasteiger partial charge is 0.307 e. The number of cyclic esters (lactones) is 1. The van der Waals surface area contributed by atoms with E-state index in [2.05, 4.69) is 15.9 Å². The van der Waals surface area contributed by atoms with Crippen molar-refractivity contribution < 1.29 is 9.53 Å². The molecule has 0 bridgehead atoms. The Hall–Kier alpha value is -0.0500. The van der Waals surface area contributed by atoms with Crippen molar-refractivity contribution in [3.63, 3.8) is 0 Å². The first kappa shape index (κ1) is 7.06. The molecule has 3 heteroatoms. The number of carbonyl (C=O) groups excluding carboxylic acids is 1. The van der Waals surface area contributed by atoms with Gasteiger partial charge in [0.1, 0.15) is 6.10 Å².